The maximum absolute atomic E-state index is 10.9. The first-order chi connectivity index (χ1) is 8.56. The first kappa shape index (κ1) is 12.1. The number of hydrogen-bond acceptors (Lipinski definition) is 6. The molecule has 0 aliphatic carbocycles. The number of carbonyl (C=O) groups is 1. The molecule has 1 aromatic carbocycles. The van der Waals surface area contributed by atoms with Gasteiger partial charge in [0, 0.05) is 11.3 Å². The monoisotopic (exact) mass is 247 g/mol. The van der Waals surface area contributed by atoms with E-state index in [-0.39, 0.29) is 12.1 Å². The number of primary amides is 1. The van der Waals surface area contributed by atoms with E-state index in [1.165, 1.54) is 0 Å². The number of anilines is 2. The highest BCUT2D eigenvalue weighted by atomic mass is 16.4. The molecular weight excluding hydrogens is 234 g/mol. The normalized spacial score (nSPS) is 12.1. The van der Waals surface area contributed by atoms with Gasteiger partial charge in [-0.05, 0) is 31.2 Å². The summed E-state index contributed by atoms with van der Waals surface area (Å²) in [5, 5.41) is 10.5. The van der Waals surface area contributed by atoms with Crippen molar-refractivity contribution in [3.05, 3.63) is 35.7 Å². The zero-order valence-corrected chi connectivity index (χ0v) is 9.75. The summed E-state index contributed by atoms with van der Waals surface area (Å²) >= 11 is 0. The number of carbonyl (C=O) groups excluding carboxylic acids is 1. The number of hydrogen-bond donors (Lipinski definition) is 3. The van der Waals surface area contributed by atoms with E-state index in [9.17, 15) is 4.79 Å². The summed E-state index contributed by atoms with van der Waals surface area (Å²) in [7, 11) is 0. The molecule has 0 saturated carbocycles. The van der Waals surface area contributed by atoms with Crippen LogP contribution in [0.15, 0.2) is 28.7 Å². The number of aromatic nitrogens is 2. The molecular formula is C11H13N5O2. The average molecular weight is 247 g/mol. The molecule has 2 aromatic rings. The second-order valence-electron chi connectivity index (χ2n) is 3.80. The summed E-state index contributed by atoms with van der Waals surface area (Å²) in [6.07, 6.45) is 0. The van der Waals surface area contributed by atoms with Crippen LogP contribution in [0.2, 0.25) is 0 Å². The Morgan fingerprint density at radius 3 is 2.50 bits per heavy atom. The zero-order chi connectivity index (χ0) is 13.1. The maximum atomic E-state index is 10.9. The summed E-state index contributed by atoms with van der Waals surface area (Å²) in [6.45, 7) is 1.75. The second-order valence-corrected chi connectivity index (χ2v) is 3.80. The molecule has 0 spiro atoms. The maximum Gasteiger partial charge on any atom is 0.320 e. The summed E-state index contributed by atoms with van der Waals surface area (Å²) in [5.74, 6) is -0.121. The van der Waals surface area contributed by atoms with Crippen LogP contribution >= 0.6 is 0 Å². The van der Waals surface area contributed by atoms with Crippen molar-refractivity contribution in [1.82, 2.24) is 10.2 Å². The van der Waals surface area contributed by atoms with Gasteiger partial charge in [0.05, 0.1) is 6.04 Å². The van der Waals surface area contributed by atoms with Crippen LogP contribution in [0.25, 0.3) is 0 Å². The van der Waals surface area contributed by atoms with Gasteiger partial charge in [0.25, 0.3) is 0 Å². The number of rotatable bonds is 4. The molecule has 0 bridgehead atoms. The van der Waals surface area contributed by atoms with Crippen molar-refractivity contribution in [3.63, 3.8) is 0 Å². The highest BCUT2D eigenvalue weighted by Crippen LogP contribution is 2.17. The Morgan fingerprint density at radius 1 is 1.33 bits per heavy atom. The molecule has 1 atom stereocenters. The molecule has 1 amide bonds. The molecule has 0 aliphatic heterocycles. The summed E-state index contributed by atoms with van der Waals surface area (Å²) in [4.78, 5) is 10.9. The van der Waals surface area contributed by atoms with Gasteiger partial charge in [0.1, 0.15) is 0 Å². The van der Waals surface area contributed by atoms with Crippen molar-refractivity contribution in [2.45, 2.75) is 13.0 Å². The minimum Gasteiger partial charge on any atom is -0.406 e. The molecule has 0 aliphatic rings. The lowest BCUT2D eigenvalue weighted by atomic mass is 10.2. The van der Waals surface area contributed by atoms with Crippen LogP contribution in [0.1, 0.15) is 29.2 Å². The van der Waals surface area contributed by atoms with Crippen LogP contribution in [-0.2, 0) is 0 Å². The number of nitrogens with two attached hydrogens (primary N) is 2. The first-order valence-electron chi connectivity index (χ1n) is 5.32. The third-order valence-electron chi connectivity index (χ3n) is 2.25. The van der Waals surface area contributed by atoms with Crippen LogP contribution in [-0.4, -0.2) is 16.1 Å². The van der Waals surface area contributed by atoms with E-state index in [4.69, 9.17) is 15.9 Å². The van der Waals surface area contributed by atoms with Gasteiger partial charge >= 0.3 is 6.01 Å². The Bertz CT molecular complexity index is 547. The summed E-state index contributed by atoms with van der Waals surface area (Å²) in [5.41, 5.74) is 11.9. The van der Waals surface area contributed by atoms with Crippen LogP contribution in [0.5, 0.6) is 0 Å². The molecule has 0 saturated heterocycles. The third kappa shape index (κ3) is 2.64. The quantitative estimate of drug-likeness (QED) is 0.739. The smallest absolute Gasteiger partial charge is 0.320 e. The van der Waals surface area contributed by atoms with Crippen LogP contribution in [0.4, 0.5) is 11.7 Å². The van der Waals surface area contributed by atoms with Gasteiger partial charge in [-0.3, -0.25) is 4.79 Å². The van der Waals surface area contributed by atoms with Gasteiger partial charge in [-0.1, -0.05) is 5.10 Å². The van der Waals surface area contributed by atoms with Gasteiger partial charge in [-0.25, -0.2) is 0 Å². The van der Waals surface area contributed by atoms with E-state index in [1.54, 1.807) is 31.2 Å². The van der Waals surface area contributed by atoms with Crippen LogP contribution < -0.4 is 16.8 Å². The number of nitrogens with zero attached hydrogens (tertiary/aromatic N) is 2. The molecule has 18 heavy (non-hydrogen) atoms. The average Bonchev–Trinajstić information content (AvgIpc) is 2.78. The van der Waals surface area contributed by atoms with Gasteiger partial charge in [-0.15, -0.1) is 5.10 Å². The fourth-order valence-corrected chi connectivity index (χ4v) is 1.31. The van der Waals surface area contributed by atoms with Crippen molar-refractivity contribution >= 4 is 17.6 Å². The highest BCUT2D eigenvalue weighted by molar-refractivity contribution is 5.93. The predicted molar refractivity (Wildman–Crippen MR) is 65.1 cm³/mol. The van der Waals surface area contributed by atoms with Crippen LogP contribution in [0, 0.1) is 0 Å². The van der Waals surface area contributed by atoms with Gasteiger partial charge < -0.3 is 21.2 Å². The predicted octanol–water partition coefficient (Wildman–Crippen LogP) is 0.932. The topological polar surface area (TPSA) is 120 Å². The Balaban J connectivity index is 2.10. The molecule has 7 heteroatoms. The second kappa shape index (κ2) is 4.84. The van der Waals surface area contributed by atoms with Crippen molar-refractivity contribution < 1.29 is 9.21 Å². The third-order valence-corrected chi connectivity index (χ3v) is 2.25. The van der Waals surface area contributed by atoms with Crippen molar-refractivity contribution in [2.75, 3.05) is 5.32 Å². The standard InChI is InChI=1S/C11H13N5O2/c1-6(12)10-15-16-11(18-10)14-8-4-2-7(3-5-8)9(13)17/h2-6H,12H2,1H3,(H2,13,17)(H,14,16). The Kier molecular flexibility index (Phi) is 3.24. The summed E-state index contributed by atoms with van der Waals surface area (Å²) in [6, 6.07) is 6.52. The SMILES string of the molecule is CC(N)c1nnc(Nc2ccc(C(N)=O)cc2)o1. The molecule has 94 valence electrons. The molecule has 7 nitrogen and oxygen atoms in total. The molecule has 0 fully saturated rings. The highest BCUT2D eigenvalue weighted by Gasteiger charge is 2.09. The molecule has 1 heterocycles. The van der Waals surface area contributed by atoms with Crippen LogP contribution in [0.3, 0.4) is 0 Å². The van der Waals surface area contributed by atoms with E-state index in [2.05, 4.69) is 15.5 Å². The minimum absolute atomic E-state index is 0.245. The van der Waals surface area contributed by atoms with Crippen molar-refractivity contribution in [3.8, 4) is 0 Å². The van der Waals surface area contributed by atoms with Gasteiger partial charge in [-0.2, -0.15) is 0 Å². The van der Waals surface area contributed by atoms with Gasteiger partial charge in [0.2, 0.25) is 11.8 Å². The van der Waals surface area contributed by atoms with E-state index in [0.717, 1.165) is 0 Å². The fourth-order valence-electron chi connectivity index (χ4n) is 1.31. The van der Waals surface area contributed by atoms with E-state index >= 15 is 0 Å². The number of benzene rings is 1. The lowest BCUT2D eigenvalue weighted by molar-refractivity contribution is 0.100. The molecule has 0 radical (unpaired) electrons. The van der Waals surface area contributed by atoms with E-state index < -0.39 is 5.91 Å². The Hall–Kier alpha value is -2.41. The summed E-state index contributed by atoms with van der Waals surface area (Å²) < 4.78 is 5.28. The number of amides is 1. The minimum atomic E-state index is -0.474. The number of nitrogens with one attached hydrogen (secondary N) is 1. The zero-order valence-electron chi connectivity index (χ0n) is 9.75. The molecule has 1 unspecified atom stereocenters. The molecule has 5 N–H and O–H groups in total. The lowest BCUT2D eigenvalue weighted by Crippen LogP contribution is -2.10. The molecule has 2 rings (SSSR count). The van der Waals surface area contributed by atoms with Gasteiger partial charge in [0.15, 0.2) is 0 Å². The lowest BCUT2D eigenvalue weighted by Gasteiger charge is -2.02. The van der Waals surface area contributed by atoms with Crippen molar-refractivity contribution in [2.24, 2.45) is 11.5 Å². The van der Waals surface area contributed by atoms with E-state index in [1.807, 2.05) is 0 Å². The Labute approximate surface area is 103 Å². The first-order valence-corrected chi connectivity index (χ1v) is 5.32. The Morgan fingerprint density at radius 2 is 2.00 bits per heavy atom. The fraction of sp³-hybridized carbons (Fsp3) is 0.182. The van der Waals surface area contributed by atoms with E-state index in [0.29, 0.717) is 17.1 Å². The largest absolute Gasteiger partial charge is 0.406 e. The molecule has 1 aromatic heterocycles. The van der Waals surface area contributed by atoms with Crippen molar-refractivity contribution in [1.29, 1.82) is 0 Å².